The predicted octanol–water partition coefficient (Wildman–Crippen LogP) is 0.232. The van der Waals surface area contributed by atoms with Gasteiger partial charge < -0.3 is 4.74 Å². The molecular formula is C7H7BF2O. The molecule has 58 valence electrons. The molecule has 0 unspecified atom stereocenters. The largest absolute Gasteiger partial charge is 0.497 e. The minimum atomic E-state index is -0.873. The van der Waals surface area contributed by atoms with E-state index in [0.717, 1.165) is 6.07 Å². The Balaban J connectivity index is 3.21. The molecule has 0 aliphatic carbocycles. The van der Waals surface area contributed by atoms with Gasteiger partial charge in [0.25, 0.3) is 0 Å². The van der Waals surface area contributed by atoms with E-state index in [0.29, 0.717) is 5.75 Å². The zero-order valence-corrected chi connectivity index (χ0v) is 6.32. The second kappa shape index (κ2) is 2.90. The Morgan fingerprint density at radius 1 is 1.36 bits per heavy atom. The first kappa shape index (κ1) is 8.05. The van der Waals surface area contributed by atoms with E-state index in [4.69, 9.17) is 4.74 Å². The predicted molar refractivity (Wildman–Crippen MR) is 41.1 cm³/mol. The van der Waals surface area contributed by atoms with Gasteiger partial charge in [-0.1, -0.05) is 0 Å². The third-order valence-electron chi connectivity index (χ3n) is 1.42. The molecule has 0 aliphatic rings. The summed E-state index contributed by atoms with van der Waals surface area (Å²) in [5.74, 6) is -1.35. The summed E-state index contributed by atoms with van der Waals surface area (Å²) in [6.07, 6.45) is 0. The summed E-state index contributed by atoms with van der Waals surface area (Å²) in [7, 11) is 2.90. The summed E-state index contributed by atoms with van der Waals surface area (Å²) in [5.41, 5.74) is 0.252. The van der Waals surface area contributed by atoms with E-state index >= 15 is 0 Å². The lowest BCUT2D eigenvalue weighted by Crippen LogP contribution is -2.10. The summed E-state index contributed by atoms with van der Waals surface area (Å²) in [5, 5.41) is 0. The second-order valence-corrected chi connectivity index (χ2v) is 2.24. The molecule has 4 heteroatoms. The third kappa shape index (κ3) is 1.50. The van der Waals surface area contributed by atoms with Crippen LogP contribution in [0.4, 0.5) is 8.78 Å². The number of benzene rings is 1. The van der Waals surface area contributed by atoms with Crippen molar-refractivity contribution in [2.45, 2.75) is 0 Å². The lowest BCUT2D eigenvalue weighted by molar-refractivity contribution is 0.407. The van der Waals surface area contributed by atoms with E-state index in [2.05, 4.69) is 0 Å². The van der Waals surface area contributed by atoms with Gasteiger partial charge in [-0.15, -0.1) is 0 Å². The second-order valence-electron chi connectivity index (χ2n) is 2.24. The molecular weight excluding hydrogens is 149 g/mol. The molecule has 0 heterocycles. The molecule has 0 aromatic heterocycles. The van der Waals surface area contributed by atoms with Crippen molar-refractivity contribution >= 4 is 13.3 Å². The van der Waals surface area contributed by atoms with E-state index in [1.54, 1.807) is 0 Å². The topological polar surface area (TPSA) is 9.23 Å². The first-order valence-electron chi connectivity index (χ1n) is 3.15. The number of rotatable bonds is 1. The summed E-state index contributed by atoms with van der Waals surface area (Å²) >= 11 is 0. The fourth-order valence-electron chi connectivity index (χ4n) is 0.813. The van der Waals surface area contributed by atoms with Crippen molar-refractivity contribution < 1.29 is 13.5 Å². The molecule has 0 radical (unpaired) electrons. The Morgan fingerprint density at radius 2 is 2.00 bits per heavy atom. The van der Waals surface area contributed by atoms with E-state index in [1.165, 1.54) is 21.0 Å². The molecule has 0 spiro atoms. The van der Waals surface area contributed by atoms with Crippen molar-refractivity contribution in [1.82, 2.24) is 0 Å². The van der Waals surface area contributed by atoms with Crippen LogP contribution in [0.15, 0.2) is 12.1 Å². The Hall–Kier alpha value is -1.06. The van der Waals surface area contributed by atoms with Crippen LogP contribution in [0, 0.1) is 11.6 Å². The van der Waals surface area contributed by atoms with Gasteiger partial charge in [0.2, 0.25) is 0 Å². The Bertz CT molecular complexity index is 252. The van der Waals surface area contributed by atoms with Crippen LogP contribution in [-0.2, 0) is 0 Å². The van der Waals surface area contributed by atoms with Crippen LogP contribution in [0.25, 0.3) is 0 Å². The first-order valence-corrected chi connectivity index (χ1v) is 3.15. The molecule has 0 amide bonds. The van der Waals surface area contributed by atoms with Gasteiger partial charge in [-0.25, -0.2) is 8.78 Å². The number of hydrogen-bond acceptors (Lipinski definition) is 1. The van der Waals surface area contributed by atoms with Gasteiger partial charge in [-0.3, -0.25) is 0 Å². The molecule has 1 aromatic carbocycles. The smallest absolute Gasteiger partial charge is 0.161 e. The lowest BCUT2D eigenvalue weighted by Gasteiger charge is -2.02. The van der Waals surface area contributed by atoms with Gasteiger partial charge in [0.15, 0.2) is 11.6 Å². The molecule has 0 aliphatic heterocycles. The Kier molecular flexibility index (Phi) is 2.12. The van der Waals surface area contributed by atoms with Crippen molar-refractivity contribution in [3.8, 4) is 5.75 Å². The molecule has 1 nitrogen and oxygen atoms in total. The highest BCUT2D eigenvalue weighted by Gasteiger charge is 2.06. The summed E-state index contributed by atoms with van der Waals surface area (Å²) < 4.78 is 29.9. The van der Waals surface area contributed by atoms with Crippen molar-refractivity contribution in [3.05, 3.63) is 23.8 Å². The maximum absolute atomic E-state index is 12.6. The van der Waals surface area contributed by atoms with Crippen molar-refractivity contribution in [2.24, 2.45) is 0 Å². The summed E-state index contributed by atoms with van der Waals surface area (Å²) in [4.78, 5) is 0. The molecule has 11 heavy (non-hydrogen) atoms. The van der Waals surface area contributed by atoms with E-state index < -0.39 is 11.6 Å². The van der Waals surface area contributed by atoms with Crippen LogP contribution in [-0.4, -0.2) is 15.0 Å². The monoisotopic (exact) mass is 156 g/mol. The average molecular weight is 156 g/mol. The highest BCUT2D eigenvalue weighted by atomic mass is 19.2. The SMILES string of the molecule is Bc1cc(OC)cc(F)c1F. The van der Waals surface area contributed by atoms with Gasteiger partial charge in [-0.05, 0) is 11.5 Å². The van der Waals surface area contributed by atoms with E-state index in [1.807, 2.05) is 0 Å². The van der Waals surface area contributed by atoms with Crippen LogP contribution >= 0.6 is 0 Å². The standard InChI is InChI=1S/C7H7BF2O/c1-11-4-2-5(8)7(10)6(9)3-4/h2-3H,8H2,1H3. The van der Waals surface area contributed by atoms with E-state index in [-0.39, 0.29) is 5.46 Å². The maximum atomic E-state index is 12.6. The molecule has 1 aromatic rings. The van der Waals surface area contributed by atoms with Crippen LogP contribution in [0.5, 0.6) is 5.75 Å². The quantitative estimate of drug-likeness (QED) is 0.529. The maximum Gasteiger partial charge on any atom is 0.161 e. The van der Waals surface area contributed by atoms with Crippen molar-refractivity contribution in [2.75, 3.05) is 7.11 Å². The van der Waals surface area contributed by atoms with Crippen LogP contribution in [0.1, 0.15) is 0 Å². The van der Waals surface area contributed by atoms with Crippen LogP contribution < -0.4 is 10.2 Å². The third-order valence-corrected chi connectivity index (χ3v) is 1.42. The number of methoxy groups -OCH3 is 1. The van der Waals surface area contributed by atoms with Gasteiger partial charge in [0, 0.05) is 6.07 Å². The highest BCUT2D eigenvalue weighted by molar-refractivity contribution is 6.32. The average Bonchev–Trinajstić information content (AvgIpc) is 1.99. The molecule has 0 saturated heterocycles. The van der Waals surface area contributed by atoms with E-state index in [9.17, 15) is 8.78 Å². The van der Waals surface area contributed by atoms with Gasteiger partial charge >= 0.3 is 0 Å². The van der Waals surface area contributed by atoms with Gasteiger partial charge in [-0.2, -0.15) is 0 Å². The Morgan fingerprint density at radius 3 is 2.45 bits per heavy atom. The lowest BCUT2D eigenvalue weighted by atomic mass is 9.95. The van der Waals surface area contributed by atoms with Crippen molar-refractivity contribution in [3.63, 3.8) is 0 Å². The normalized spacial score (nSPS) is 9.73. The molecule has 0 bridgehead atoms. The molecule has 0 atom stereocenters. The number of hydrogen-bond donors (Lipinski definition) is 0. The fourth-order valence-corrected chi connectivity index (χ4v) is 0.813. The minimum absolute atomic E-state index is 0.252. The van der Waals surface area contributed by atoms with Gasteiger partial charge in [0.05, 0.1) is 7.11 Å². The minimum Gasteiger partial charge on any atom is -0.497 e. The number of ether oxygens (including phenoxy) is 1. The van der Waals surface area contributed by atoms with Crippen LogP contribution in [0.2, 0.25) is 0 Å². The highest BCUT2D eigenvalue weighted by Crippen LogP contribution is 2.12. The fraction of sp³-hybridized carbons (Fsp3) is 0.143. The zero-order chi connectivity index (χ0) is 8.43. The summed E-state index contributed by atoms with van der Waals surface area (Å²) in [6, 6.07) is 2.46. The van der Waals surface area contributed by atoms with Crippen molar-refractivity contribution in [1.29, 1.82) is 0 Å². The van der Waals surface area contributed by atoms with Crippen LogP contribution in [0.3, 0.4) is 0 Å². The zero-order valence-electron chi connectivity index (χ0n) is 6.32. The van der Waals surface area contributed by atoms with Gasteiger partial charge in [0.1, 0.15) is 13.6 Å². The molecule has 0 fully saturated rings. The number of halogens is 2. The first-order chi connectivity index (χ1) is 5.15. The molecule has 0 saturated carbocycles. The molecule has 0 N–H and O–H groups in total. The Labute approximate surface area is 64.4 Å². The summed E-state index contributed by atoms with van der Waals surface area (Å²) in [6.45, 7) is 0. The molecule has 1 rings (SSSR count).